The summed E-state index contributed by atoms with van der Waals surface area (Å²) >= 11 is 0. The molecule has 0 radical (unpaired) electrons. The van der Waals surface area contributed by atoms with E-state index in [1.807, 2.05) is 12.1 Å². The fourth-order valence-corrected chi connectivity index (χ4v) is 4.71. The molecule has 6 heteroatoms. The monoisotopic (exact) mass is 386 g/mol. The van der Waals surface area contributed by atoms with Crippen molar-refractivity contribution in [3.05, 3.63) is 24.3 Å². The molecule has 154 valence electrons. The van der Waals surface area contributed by atoms with Crippen molar-refractivity contribution in [1.29, 1.82) is 0 Å². The van der Waals surface area contributed by atoms with Crippen molar-refractivity contribution >= 4 is 11.6 Å². The van der Waals surface area contributed by atoms with Crippen LogP contribution in [-0.2, 0) is 4.79 Å². The SMILES string of the molecule is COc1ccc(N2CCN(CC(=O)N3CCN(C4CCC4)CC3)CC2C)cc1. The lowest BCUT2D eigenvalue weighted by Gasteiger charge is -2.44. The van der Waals surface area contributed by atoms with Crippen molar-refractivity contribution in [2.24, 2.45) is 0 Å². The van der Waals surface area contributed by atoms with E-state index in [0.29, 0.717) is 18.5 Å². The normalized spacial score (nSPS) is 24.9. The molecule has 1 amide bonds. The van der Waals surface area contributed by atoms with Crippen LogP contribution in [0.5, 0.6) is 5.75 Å². The van der Waals surface area contributed by atoms with E-state index in [2.05, 4.69) is 38.7 Å². The fourth-order valence-electron chi connectivity index (χ4n) is 4.71. The average Bonchev–Trinajstić information content (AvgIpc) is 2.67. The molecule has 2 saturated heterocycles. The second-order valence-corrected chi connectivity index (χ2v) is 8.48. The summed E-state index contributed by atoms with van der Waals surface area (Å²) in [7, 11) is 1.70. The van der Waals surface area contributed by atoms with Crippen LogP contribution in [-0.4, -0.2) is 92.2 Å². The fraction of sp³-hybridized carbons (Fsp3) is 0.682. The molecule has 1 saturated carbocycles. The van der Waals surface area contributed by atoms with Crippen LogP contribution in [0.3, 0.4) is 0 Å². The summed E-state index contributed by atoms with van der Waals surface area (Å²) in [5.41, 5.74) is 1.23. The average molecular weight is 387 g/mol. The molecule has 1 aromatic rings. The van der Waals surface area contributed by atoms with E-state index in [-0.39, 0.29) is 0 Å². The molecule has 3 aliphatic rings. The first-order chi connectivity index (χ1) is 13.6. The number of hydrogen-bond donors (Lipinski definition) is 0. The minimum atomic E-state index is 0.304. The maximum absolute atomic E-state index is 12.8. The topological polar surface area (TPSA) is 39.3 Å². The van der Waals surface area contributed by atoms with Crippen molar-refractivity contribution < 1.29 is 9.53 Å². The molecule has 2 heterocycles. The largest absolute Gasteiger partial charge is 0.497 e. The molecule has 1 aliphatic carbocycles. The van der Waals surface area contributed by atoms with Crippen LogP contribution >= 0.6 is 0 Å². The first kappa shape index (κ1) is 19.5. The van der Waals surface area contributed by atoms with Crippen LogP contribution < -0.4 is 9.64 Å². The summed E-state index contributed by atoms with van der Waals surface area (Å²) in [6, 6.07) is 9.47. The maximum Gasteiger partial charge on any atom is 0.236 e. The van der Waals surface area contributed by atoms with Crippen molar-refractivity contribution in [3.8, 4) is 5.75 Å². The number of carbonyl (C=O) groups is 1. The number of benzene rings is 1. The van der Waals surface area contributed by atoms with Gasteiger partial charge in [-0.1, -0.05) is 6.42 Å². The molecule has 3 fully saturated rings. The lowest BCUT2D eigenvalue weighted by atomic mass is 9.91. The van der Waals surface area contributed by atoms with Crippen LogP contribution in [0.4, 0.5) is 5.69 Å². The number of piperazine rings is 2. The number of hydrogen-bond acceptors (Lipinski definition) is 5. The standard InChI is InChI=1S/C22H34N4O2/c1-18-16-23(10-15-26(18)20-6-8-21(28-2)9-7-20)17-22(27)25-13-11-24(12-14-25)19-4-3-5-19/h6-9,18-19H,3-5,10-17H2,1-2H3. The van der Waals surface area contributed by atoms with Crippen LogP contribution in [0.15, 0.2) is 24.3 Å². The highest BCUT2D eigenvalue weighted by atomic mass is 16.5. The van der Waals surface area contributed by atoms with E-state index < -0.39 is 0 Å². The number of anilines is 1. The first-order valence-corrected chi connectivity index (χ1v) is 10.8. The smallest absolute Gasteiger partial charge is 0.236 e. The highest BCUT2D eigenvalue weighted by Gasteiger charge is 2.31. The molecule has 1 unspecified atom stereocenters. The molecule has 0 N–H and O–H groups in total. The molecule has 0 aromatic heterocycles. The summed E-state index contributed by atoms with van der Waals surface area (Å²) in [5.74, 6) is 1.19. The second-order valence-electron chi connectivity index (χ2n) is 8.48. The Morgan fingerprint density at radius 1 is 1.04 bits per heavy atom. The number of ether oxygens (including phenoxy) is 1. The quantitative estimate of drug-likeness (QED) is 0.773. The molecular weight excluding hydrogens is 352 g/mol. The van der Waals surface area contributed by atoms with E-state index >= 15 is 0 Å². The number of nitrogens with zero attached hydrogens (tertiary/aromatic N) is 4. The summed E-state index contributed by atoms with van der Waals surface area (Å²) in [4.78, 5) is 22.2. The predicted octanol–water partition coefficient (Wildman–Crippen LogP) is 1.90. The Labute approximate surface area is 169 Å². The van der Waals surface area contributed by atoms with E-state index in [9.17, 15) is 4.79 Å². The molecule has 1 atom stereocenters. The molecule has 0 bridgehead atoms. The molecule has 28 heavy (non-hydrogen) atoms. The van der Waals surface area contributed by atoms with Crippen molar-refractivity contribution in [2.75, 3.05) is 64.4 Å². The number of amides is 1. The summed E-state index contributed by atoms with van der Waals surface area (Å²) in [5, 5.41) is 0. The first-order valence-electron chi connectivity index (χ1n) is 10.8. The van der Waals surface area contributed by atoms with Gasteiger partial charge in [0.25, 0.3) is 0 Å². The second kappa shape index (κ2) is 8.70. The van der Waals surface area contributed by atoms with Crippen LogP contribution in [0.1, 0.15) is 26.2 Å². The molecule has 0 spiro atoms. The third-order valence-electron chi connectivity index (χ3n) is 6.73. The zero-order chi connectivity index (χ0) is 19.5. The highest BCUT2D eigenvalue weighted by molar-refractivity contribution is 5.78. The lowest BCUT2D eigenvalue weighted by molar-refractivity contribution is -0.135. The van der Waals surface area contributed by atoms with Gasteiger partial charge in [-0.15, -0.1) is 0 Å². The van der Waals surface area contributed by atoms with Crippen molar-refractivity contribution in [1.82, 2.24) is 14.7 Å². The van der Waals surface area contributed by atoms with E-state index in [1.54, 1.807) is 7.11 Å². The summed E-state index contributed by atoms with van der Waals surface area (Å²) in [6.45, 7) is 9.53. The van der Waals surface area contributed by atoms with Gasteiger partial charge in [0, 0.05) is 63.6 Å². The van der Waals surface area contributed by atoms with E-state index in [4.69, 9.17) is 4.74 Å². The van der Waals surface area contributed by atoms with Gasteiger partial charge < -0.3 is 14.5 Å². The third kappa shape index (κ3) is 4.28. The number of rotatable bonds is 5. The van der Waals surface area contributed by atoms with E-state index in [1.165, 1.54) is 24.9 Å². The van der Waals surface area contributed by atoms with Crippen LogP contribution in [0, 0.1) is 0 Å². The van der Waals surface area contributed by atoms with Crippen molar-refractivity contribution in [2.45, 2.75) is 38.3 Å². The van der Waals surface area contributed by atoms with Gasteiger partial charge in [0.15, 0.2) is 0 Å². The zero-order valence-electron chi connectivity index (χ0n) is 17.3. The maximum atomic E-state index is 12.8. The van der Waals surface area contributed by atoms with Gasteiger partial charge >= 0.3 is 0 Å². The molecule has 2 aliphatic heterocycles. The van der Waals surface area contributed by atoms with Crippen molar-refractivity contribution in [3.63, 3.8) is 0 Å². The Morgan fingerprint density at radius 2 is 1.75 bits per heavy atom. The van der Waals surface area contributed by atoms with Gasteiger partial charge in [0.1, 0.15) is 5.75 Å². The van der Waals surface area contributed by atoms with Gasteiger partial charge in [-0.3, -0.25) is 14.6 Å². The Morgan fingerprint density at radius 3 is 2.32 bits per heavy atom. The van der Waals surface area contributed by atoms with E-state index in [0.717, 1.165) is 57.6 Å². The molecule has 6 nitrogen and oxygen atoms in total. The van der Waals surface area contributed by atoms with Gasteiger partial charge in [-0.2, -0.15) is 0 Å². The highest BCUT2D eigenvalue weighted by Crippen LogP contribution is 2.26. The minimum Gasteiger partial charge on any atom is -0.497 e. The summed E-state index contributed by atoms with van der Waals surface area (Å²) in [6.07, 6.45) is 4.08. The molecular formula is C22H34N4O2. The predicted molar refractivity (Wildman–Crippen MR) is 112 cm³/mol. The minimum absolute atomic E-state index is 0.304. The Hall–Kier alpha value is -1.79. The van der Waals surface area contributed by atoms with Crippen LogP contribution in [0.25, 0.3) is 0 Å². The Balaban J connectivity index is 1.24. The number of methoxy groups -OCH3 is 1. The molecule has 4 rings (SSSR count). The van der Waals surface area contributed by atoms with Gasteiger partial charge in [-0.05, 0) is 44.0 Å². The van der Waals surface area contributed by atoms with Gasteiger partial charge in [0.05, 0.1) is 13.7 Å². The lowest BCUT2D eigenvalue weighted by Crippen LogP contribution is -2.57. The Kier molecular flexibility index (Phi) is 6.07. The third-order valence-corrected chi connectivity index (χ3v) is 6.73. The van der Waals surface area contributed by atoms with Gasteiger partial charge in [0.2, 0.25) is 5.91 Å². The van der Waals surface area contributed by atoms with Gasteiger partial charge in [-0.25, -0.2) is 0 Å². The molecule has 1 aromatic carbocycles. The number of carbonyl (C=O) groups excluding carboxylic acids is 1. The van der Waals surface area contributed by atoms with Crippen LogP contribution in [0.2, 0.25) is 0 Å². The summed E-state index contributed by atoms with van der Waals surface area (Å²) < 4.78 is 5.26. The Bertz CT molecular complexity index is 653. The zero-order valence-corrected chi connectivity index (χ0v) is 17.3.